The highest BCUT2D eigenvalue weighted by molar-refractivity contribution is 8.15. The number of benzene rings is 1. The first-order chi connectivity index (χ1) is 10.9. The predicted molar refractivity (Wildman–Crippen MR) is 93.9 cm³/mol. The molecule has 0 saturated carbocycles. The SMILES string of the molecule is COc1cc(N=NC2NN=C(C(C)S)S2)c(NC(C)=O)cc1O. The van der Waals surface area contributed by atoms with E-state index in [9.17, 15) is 9.90 Å². The predicted octanol–water partition coefficient (Wildman–Crippen LogP) is 2.69. The van der Waals surface area contributed by atoms with Crippen molar-refractivity contribution in [2.45, 2.75) is 24.6 Å². The van der Waals surface area contributed by atoms with Crippen LogP contribution in [0.4, 0.5) is 11.4 Å². The minimum absolute atomic E-state index is 0.0106. The number of phenolic OH excluding ortho intramolecular Hbond substituents is 1. The van der Waals surface area contributed by atoms with Gasteiger partial charge in [-0.1, -0.05) is 11.8 Å². The van der Waals surface area contributed by atoms with Gasteiger partial charge < -0.3 is 15.2 Å². The van der Waals surface area contributed by atoms with Crippen LogP contribution in [-0.2, 0) is 4.79 Å². The molecule has 3 N–H and O–H groups in total. The van der Waals surface area contributed by atoms with Crippen LogP contribution < -0.4 is 15.5 Å². The second kappa shape index (κ2) is 7.55. The molecule has 8 nitrogen and oxygen atoms in total. The second-order valence-electron chi connectivity index (χ2n) is 4.66. The summed E-state index contributed by atoms with van der Waals surface area (Å²) in [6, 6.07) is 2.86. The highest BCUT2D eigenvalue weighted by Gasteiger charge is 2.21. The third kappa shape index (κ3) is 4.52. The molecule has 1 amide bonds. The summed E-state index contributed by atoms with van der Waals surface area (Å²) >= 11 is 5.71. The molecule has 0 saturated heterocycles. The Balaban J connectivity index is 2.21. The van der Waals surface area contributed by atoms with Gasteiger partial charge in [-0.3, -0.25) is 10.2 Å². The summed E-state index contributed by atoms with van der Waals surface area (Å²) in [6.07, 6.45) is 0. The number of amides is 1. The molecule has 0 bridgehead atoms. The van der Waals surface area contributed by atoms with Gasteiger partial charge in [0.1, 0.15) is 10.7 Å². The molecular formula is C13H17N5O3S2. The van der Waals surface area contributed by atoms with Gasteiger partial charge >= 0.3 is 0 Å². The topological polar surface area (TPSA) is 108 Å². The molecule has 1 heterocycles. The van der Waals surface area contributed by atoms with Crippen molar-refractivity contribution >= 4 is 46.7 Å². The molecule has 0 aromatic heterocycles. The Bertz CT molecular complexity index is 663. The number of methoxy groups -OCH3 is 1. The smallest absolute Gasteiger partial charge is 0.221 e. The Labute approximate surface area is 143 Å². The Morgan fingerprint density at radius 1 is 1.61 bits per heavy atom. The molecule has 10 heteroatoms. The number of hydrogen-bond donors (Lipinski definition) is 4. The van der Waals surface area contributed by atoms with E-state index in [1.165, 1.54) is 37.9 Å². The number of thiol groups is 1. The summed E-state index contributed by atoms with van der Waals surface area (Å²) in [5.41, 5.74) is 3.17. The average Bonchev–Trinajstić information content (AvgIpc) is 2.95. The lowest BCUT2D eigenvalue weighted by Crippen LogP contribution is -2.11. The monoisotopic (exact) mass is 355 g/mol. The number of hydrogen-bond acceptors (Lipinski definition) is 9. The fourth-order valence-corrected chi connectivity index (χ4v) is 2.71. The fraction of sp³-hybridized carbons (Fsp3) is 0.385. The van der Waals surface area contributed by atoms with E-state index in [4.69, 9.17) is 4.74 Å². The molecule has 0 aliphatic carbocycles. The molecular weight excluding hydrogens is 338 g/mol. The standard InChI is InChI=1S/C13H17N5O3S2/c1-6(22)12-16-18-13(23-12)17-15-9-5-11(21-3)10(20)4-8(9)14-7(2)19/h4-6,13,18,20,22H,1-3H3,(H,14,19). The van der Waals surface area contributed by atoms with Crippen LogP contribution in [0.3, 0.4) is 0 Å². The van der Waals surface area contributed by atoms with Crippen LogP contribution >= 0.6 is 24.4 Å². The van der Waals surface area contributed by atoms with Crippen molar-refractivity contribution < 1.29 is 14.6 Å². The summed E-state index contributed by atoms with van der Waals surface area (Å²) < 4.78 is 5.05. The van der Waals surface area contributed by atoms with E-state index in [-0.39, 0.29) is 28.2 Å². The van der Waals surface area contributed by atoms with Gasteiger partial charge in [-0.05, 0) is 6.92 Å². The van der Waals surface area contributed by atoms with Crippen molar-refractivity contribution in [2.75, 3.05) is 12.4 Å². The van der Waals surface area contributed by atoms with E-state index in [0.717, 1.165) is 5.04 Å². The number of aromatic hydroxyl groups is 1. The van der Waals surface area contributed by atoms with Crippen molar-refractivity contribution in [3.63, 3.8) is 0 Å². The normalized spacial score (nSPS) is 18.4. The molecule has 0 radical (unpaired) electrons. The van der Waals surface area contributed by atoms with E-state index >= 15 is 0 Å². The van der Waals surface area contributed by atoms with E-state index in [1.54, 1.807) is 0 Å². The molecule has 1 aliphatic rings. The maximum Gasteiger partial charge on any atom is 0.221 e. The van der Waals surface area contributed by atoms with Crippen LogP contribution in [0.5, 0.6) is 11.5 Å². The number of nitrogens with zero attached hydrogens (tertiary/aromatic N) is 3. The molecule has 1 aromatic rings. The van der Waals surface area contributed by atoms with Gasteiger partial charge in [0.15, 0.2) is 11.5 Å². The largest absolute Gasteiger partial charge is 0.504 e. The third-order valence-corrected chi connectivity index (χ3v) is 4.28. The Morgan fingerprint density at radius 3 is 2.91 bits per heavy atom. The van der Waals surface area contributed by atoms with Crippen LogP contribution in [0, 0.1) is 0 Å². The van der Waals surface area contributed by atoms with Crippen LogP contribution in [0.1, 0.15) is 13.8 Å². The molecule has 0 fully saturated rings. The summed E-state index contributed by atoms with van der Waals surface area (Å²) in [4.78, 5) is 11.3. The minimum atomic E-state index is -0.371. The number of hydrazone groups is 1. The van der Waals surface area contributed by atoms with Crippen molar-refractivity contribution in [3.05, 3.63) is 12.1 Å². The summed E-state index contributed by atoms with van der Waals surface area (Å²) in [5.74, 6) is -0.145. The lowest BCUT2D eigenvalue weighted by Gasteiger charge is -2.10. The molecule has 1 aromatic carbocycles. The minimum Gasteiger partial charge on any atom is -0.504 e. The fourth-order valence-electron chi connectivity index (χ4n) is 1.74. The van der Waals surface area contributed by atoms with E-state index in [0.29, 0.717) is 11.4 Å². The number of phenols is 1. The van der Waals surface area contributed by atoms with Gasteiger partial charge in [-0.2, -0.15) is 22.8 Å². The maximum atomic E-state index is 11.3. The summed E-state index contributed by atoms with van der Waals surface area (Å²) in [7, 11) is 1.43. The number of carbonyl (C=O) groups excluding carboxylic acids is 1. The van der Waals surface area contributed by atoms with E-state index in [2.05, 4.69) is 38.7 Å². The van der Waals surface area contributed by atoms with Crippen LogP contribution in [0.25, 0.3) is 0 Å². The molecule has 2 rings (SSSR count). The zero-order valence-corrected chi connectivity index (χ0v) is 14.5. The lowest BCUT2D eigenvalue weighted by atomic mass is 10.2. The third-order valence-electron chi connectivity index (χ3n) is 2.75. The Kier molecular flexibility index (Phi) is 5.72. The van der Waals surface area contributed by atoms with Gasteiger partial charge in [0, 0.05) is 24.3 Å². The average molecular weight is 355 g/mol. The Morgan fingerprint density at radius 2 is 2.35 bits per heavy atom. The first-order valence-electron chi connectivity index (χ1n) is 6.68. The highest BCUT2D eigenvalue weighted by atomic mass is 32.2. The van der Waals surface area contributed by atoms with Crippen LogP contribution in [-0.4, -0.2) is 33.9 Å². The number of thioether (sulfide) groups is 1. The zero-order chi connectivity index (χ0) is 17.0. The van der Waals surface area contributed by atoms with Crippen molar-refractivity contribution in [3.8, 4) is 11.5 Å². The highest BCUT2D eigenvalue weighted by Crippen LogP contribution is 2.38. The zero-order valence-electron chi connectivity index (χ0n) is 12.8. The summed E-state index contributed by atoms with van der Waals surface area (Å²) in [5, 5.41) is 25.6. The number of carbonyl (C=O) groups is 1. The van der Waals surface area contributed by atoms with Gasteiger partial charge in [-0.25, -0.2) is 0 Å². The van der Waals surface area contributed by atoms with Gasteiger partial charge in [0.05, 0.1) is 12.8 Å². The first kappa shape index (κ1) is 17.4. The lowest BCUT2D eigenvalue weighted by molar-refractivity contribution is -0.114. The maximum absolute atomic E-state index is 11.3. The number of nitrogens with one attached hydrogen (secondary N) is 2. The molecule has 23 heavy (non-hydrogen) atoms. The van der Waals surface area contributed by atoms with Gasteiger partial charge in [-0.15, -0.1) is 5.11 Å². The number of anilines is 1. The molecule has 124 valence electrons. The number of azo groups is 1. The molecule has 2 unspecified atom stereocenters. The number of rotatable bonds is 5. The molecule has 1 aliphatic heterocycles. The summed E-state index contributed by atoms with van der Waals surface area (Å²) in [6.45, 7) is 3.28. The molecule has 0 spiro atoms. The first-order valence-corrected chi connectivity index (χ1v) is 8.07. The van der Waals surface area contributed by atoms with Crippen molar-refractivity contribution in [1.82, 2.24) is 5.43 Å². The van der Waals surface area contributed by atoms with E-state index in [1.807, 2.05) is 6.92 Å². The van der Waals surface area contributed by atoms with Gasteiger partial charge in [0.2, 0.25) is 11.4 Å². The van der Waals surface area contributed by atoms with Crippen LogP contribution in [0.15, 0.2) is 27.5 Å². The van der Waals surface area contributed by atoms with E-state index < -0.39 is 0 Å². The quantitative estimate of drug-likeness (QED) is 0.480. The molecule has 2 atom stereocenters. The van der Waals surface area contributed by atoms with Gasteiger partial charge in [0.25, 0.3) is 0 Å². The van der Waals surface area contributed by atoms with Crippen molar-refractivity contribution in [2.24, 2.45) is 15.3 Å². The van der Waals surface area contributed by atoms with Crippen LogP contribution in [0.2, 0.25) is 0 Å². The van der Waals surface area contributed by atoms with Crippen molar-refractivity contribution in [1.29, 1.82) is 0 Å². The second-order valence-corrected chi connectivity index (χ2v) is 6.54. The number of ether oxygens (including phenoxy) is 1. The Hall–Kier alpha value is -1.94.